The molecule has 0 aliphatic carbocycles. The normalized spacial score (nSPS) is 15.2. The van der Waals surface area contributed by atoms with Gasteiger partial charge in [0, 0.05) is 48.1 Å². The van der Waals surface area contributed by atoms with Gasteiger partial charge >= 0.3 is 0 Å². The lowest BCUT2D eigenvalue weighted by molar-refractivity contribution is 0.0716. The maximum atomic E-state index is 12.8. The van der Waals surface area contributed by atoms with E-state index in [1.54, 1.807) is 24.0 Å². The number of aromatic amines is 1. The fraction of sp³-hybridized carbons (Fsp3) is 0.400. The number of rotatable bonds is 4. The molecule has 0 atom stereocenters. The highest BCUT2D eigenvalue weighted by Crippen LogP contribution is 2.23. The van der Waals surface area contributed by atoms with E-state index in [9.17, 15) is 9.59 Å². The molecule has 1 N–H and O–H groups in total. The van der Waals surface area contributed by atoms with E-state index < -0.39 is 0 Å². The molecule has 3 rings (SSSR count). The summed E-state index contributed by atoms with van der Waals surface area (Å²) < 4.78 is 0. The van der Waals surface area contributed by atoms with Gasteiger partial charge in [0.1, 0.15) is 5.69 Å². The van der Waals surface area contributed by atoms with Gasteiger partial charge < -0.3 is 14.8 Å². The lowest BCUT2D eigenvalue weighted by Gasteiger charge is -2.22. The molecule has 5 nitrogen and oxygen atoms in total. The summed E-state index contributed by atoms with van der Waals surface area (Å²) in [5.41, 5.74) is 1.31. The Morgan fingerprint density at radius 1 is 0.962 bits per heavy atom. The molecule has 0 spiro atoms. The molecule has 0 saturated carbocycles. The van der Waals surface area contributed by atoms with Gasteiger partial charge in [0.2, 0.25) is 0 Å². The van der Waals surface area contributed by atoms with Crippen molar-refractivity contribution in [3.8, 4) is 0 Å². The second-order valence-electron chi connectivity index (χ2n) is 6.71. The molecule has 1 saturated heterocycles. The van der Waals surface area contributed by atoms with E-state index in [1.165, 1.54) is 4.90 Å². The van der Waals surface area contributed by atoms with Crippen molar-refractivity contribution in [1.82, 2.24) is 14.8 Å². The van der Waals surface area contributed by atoms with Crippen LogP contribution >= 0.6 is 11.8 Å². The number of carbonyl (C=O) groups is 2. The fourth-order valence-electron chi connectivity index (χ4n) is 3.09. The third-order valence-corrected chi connectivity index (χ3v) is 5.39. The van der Waals surface area contributed by atoms with Crippen LogP contribution in [0.4, 0.5) is 0 Å². The Balaban J connectivity index is 1.61. The van der Waals surface area contributed by atoms with E-state index >= 15 is 0 Å². The standard InChI is InChI=1S/C20H25N3O2S/c1-15(2)26-17-8-6-16(7-9-17)19(24)22-11-4-12-23(14-13-22)20(25)18-5-3-10-21-18/h3,5-10,15,21H,4,11-14H2,1-2H3. The average molecular weight is 372 g/mol. The minimum absolute atomic E-state index is 0.000591. The number of carbonyl (C=O) groups excluding carboxylic acids is 2. The van der Waals surface area contributed by atoms with Crippen molar-refractivity contribution in [3.63, 3.8) is 0 Å². The number of nitrogens with one attached hydrogen (secondary N) is 1. The predicted octanol–water partition coefficient (Wildman–Crippen LogP) is 3.50. The second kappa shape index (κ2) is 8.45. The van der Waals surface area contributed by atoms with Gasteiger partial charge in [-0.2, -0.15) is 0 Å². The monoisotopic (exact) mass is 371 g/mol. The van der Waals surface area contributed by atoms with Crippen LogP contribution in [0.3, 0.4) is 0 Å². The number of nitrogens with zero attached hydrogens (tertiary/aromatic N) is 2. The van der Waals surface area contributed by atoms with Crippen LogP contribution in [-0.4, -0.2) is 58.0 Å². The first-order valence-electron chi connectivity index (χ1n) is 9.03. The summed E-state index contributed by atoms with van der Waals surface area (Å²) in [4.78, 5) is 33.1. The quantitative estimate of drug-likeness (QED) is 0.837. The smallest absolute Gasteiger partial charge is 0.270 e. The van der Waals surface area contributed by atoms with Crippen molar-refractivity contribution in [3.05, 3.63) is 53.9 Å². The summed E-state index contributed by atoms with van der Waals surface area (Å²) in [6.07, 6.45) is 2.54. The molecule has 0 bridgehead atoms. The van der Waals surface area contributed by atoms with Crippen LogP contribution in [0, 0.1) is 0 Å². The molecule has 26 heavy (non-hydrogen) atoms. The van der Waals surface area contributed by atoms with Crippen molar-refractivity contribution in [1.29, 1.82) is 0 Å². The highest BCUT2D eigenvalue weighted by atomic mass is 32.2. The van der Waals surface area contributed by atoms with Crippen LogP contribution in [-0.2, 0) is 0 Å². The van der Waals surface area contributed by atoms with Gasteiger partial charge in [-0.15, -0.1) is 11.8 Å². The van der Waals surface area contributed by atoms with Gasteiger partial charge in [-0.3, -0.25) is 9.59 Å². The maximum absolute atomic E-state index is 12.8. The molecule has 1 aromatic heterocycles. The molecular weight excluding hydrogens is 346 g/mol. The van der Waals surface area contributed by atoms with E-state index in [2.05, 4.69) is 18.8 Å². The molecule has 138 valence electrons. The van der Waals surface area contributed by atoms with Crippen molar-refractivity contribution >= 4 is 23.6 Å². The maximum Gasteiger partial charge on any atom is 0.270 e. The minimum atomic E-state index is -0.000591. The van der Waals surface area contributed by atoms with E-state index in [1.807, 2.05) is 40.1 Å². The number of benzene rings is 1. The van der Waals surface area contributed by atoms with E-state index in [0.29, 0.717) is 42.7 Å². The number of amides is 2. The van der Waals surface area contributed by atoms with Gasteiger partial charge in [0.15, 0.2) is 0 Å². The first-order valence-corrected chi connectivity index (χ1v) is 9.91. The number of hydrogen-bond donors (Lipinski definition) is 1. The third-order valence-electron chi connectivity index (χ3n) is 4.37. The number of aromatic nitrogens is 1. The molecule has 1 aromatic carbocycles. The highest BCUT2D eigenvalue weighted by molar-refractivity contribution is 7.99. The first-order chi connectivity index (χ1) is 12.5. The topological polar surface area (TPSA) is 56.4 Å². The summed E-state index contributed by atoms with van der Waals surface area (Å²) in [5, 5.41) is 0.519. The van der Waals surface area contributed by atoms with Crippen LogP contribution in [0.2, 0.25) is 0 Å². The molecule has 1 fully saturated rings. The minimum Gasteiger partial charge on any atom is -0.357 e. The third kappa shape index (κ3) is 4.49. The SMILES string of the molecule is CC(C)Sc1ccc(C(=O)N2CCCN(C(=O)c3ccc[nH]3)CC2)cc1. The summed E-state index contributed by atoms with van der Waals surface area (Å²) in [7, 11) is 0. The molecule has 2 amide bonds. The zero-order chi connectivity index (χ0) is 18.5. The number of hydrogen-bond acceptors (Lipinski definition) is 3. The zero-order valence-electron chi connectivity index (χ0n) is 15.3. The Labute approximate surface area is 158 Å². The fourth-order valence-corrected chi connectivity index (χ4v) is 3.93. The van der Waals surface area contributed by atoms with E-state index in [-0.39, 0.29) is 11.8 Å². The summed E-state index contributed by atoms with van der Waals surface area (Å²) >= 11 is 1.79. The van der Waals surface area contributed by atoms with Gasteiger partial charge in [-0.05, 0) is 42.8 Å². The van der Waals surface area contributed by atoms with Crippen molar-refractivity contribution < 1.29 is 9.59 Å². The van der Waals surface area contributed by atoms with Crippen molar-refractivity contribution in [2.45, 2.75) is 30.4 Å². The van der Waals surface area contributed by atoms with Crippen molar-refractivity contribution in [2.24, 2.45) is 0 Å². The molecule has 2 aromatic rings. The summed E-state index contributed by atoms with van der Waals surface area (Å²) in [6, 6.07) is 11.4. The van der Waals surface area contributed by atoms with E-state index in [0.717, 1.165) is 6.42 Å². The molecule has 2 heterocycles. The predicted molar refractivity (Wildman–Crippen MR) is 105 cm³/mol. The molecule has 0 radical (unpaired) electrons. The van der Waals surface area contributed by atoms with Gasteiger partial charge in [-0.1, -0.05) is 13.8 Å². The molecule has 1 aliphatic heterocycles. The van der Waals surface area contributed by atoms with E-state index in [4.69, 9.17) is 0 Å². The molecule has 6 heteroatoms. The Kier molecular flexibility index (Phi) is 6.04. The van der Waals surface area contributed by atoms with Crippen LogP contribution < -0.4 is 0 Å². The largest absolute Gasteiger partial charge is 0.357 e. The highest BCUT2D eigenvalue weighted by Gasteiger charge is 2.23. The first kappa shape index (κ1) is 18.6. The van der Waals surface area contributed by atoms with Gasteiger partial charge in [0.05, 0.1) is 0 Å². The van der Waals surface area contributed by atoms with Crippen LogP contribution in [0.25, 0.3) is 0 Å². The molecule has 1 aliphatic rings. The average Bonchev–Trinajstić information content (AvgIpc) is 3.05. The molecule has 0 unspecified atom stereocenters. The zero-order valence-corrected chi connectivity index (χ0v) is 16.1. The number of H-pyrrole nitrogens is 1. The van der Waals surface area contributed by atoms with Crippen LogP contribution in [0.1, 0.15) is 41.1 Å². The second-order valence-corrected chi connectivity index (χ2v) is 8.36. The Hall–Kier alpha value is -2.21. The van der Waals surface area contributed by atoms with Crippen LogP contribution in [0.5, 0.6) is 0 Å². The van der Waals surface area contributed by atoms with Gasteiger partial charge in [0.25, 0.3) is 11.8 Å². The Morgan fingerprint density at radius 2 is 1.62 bits per heavy atom. The Morgan fingerprint density at radius 3 is 2.19 bits per heavy atom. The molecular formula is C20H25N3O2S. The number of thioether (sulfide) groups is 1. The summed E-state index contributed by atoms with van der Waals surface area (Å²) in [6.45, 7) is 6.78. The Bertz CT molecular complexity index is 741. The lowest BCUT2D eigenvalue weighted by Crippen LogP contribution is -2.37. The summed E-state index contributed by atoms with van der Waals surface area (Å²) in [5.74, 6) is 0.0413. The lowest BCUT2D eigenvalue weighted by atomic mass is 10.2. The van der Waals surface area contributed by atoms with Crippen LogP contribution in [0.15, 0.2) is 47.5 Å². The van der Waals surface area contributed by atoms with Gasteiger partial charge in [-0.25, -0.2) is 0 Å². The van der Waals surface area contributed by atoms with Crippen molar-refractivity contribution in [2.75, 3.05) is 26.2 Å².